The number of piperazine rings is 1. The van der Waals surface area contributed by atoms with Gasteiger partial charge < -0.3 is 20.6 Å². The standard InChI is InChI=1S/C14H23N3O4/c1-14(2)4-3-9(8-14)16-13(21)17-6-5-15-12(20)10(17)7-11(18)19/h9-10H,3-8H2,1-2H3,(H,15,20)(H,16,21)(H,18,19). The molecule has 1 saturated heterocycles. The molecule has 7 nitrogen and oxygen atoms in total. The van der Waals surface area contributed by atoms with Crippen LogP contribution in [-0.2, 0) is 9.59 Å². The summed E-state index contributed by atoms with van der Waals surface area (Å²) in [5.74, 6) is -1.48. The van der Waals surface area contributed by atoms with Gasteiger partial charge in [0.25, 0.3) is 0 Å². The molecule has 3 amide bonds. The Morgan fingerprint density at radius 1 is 1.48 bits per heavy atom. The molecule has 0 bridgehead atoms. The third kappa shape index (κ3) is 3.86. The van der Waals surface area contributed by atoms with Gasteiger partial charge in [-0.15, -0.1) is 0 Å². The largest absolute Gasteiger partial charge is 0.481 e. The quantitative estimate of drug-likeness (QED) is 0.708. The van der Waals surface area contributed by atoms with Gasteiger partial charge in [-0.3, -0.25) is 9.59 Å². The predicted molar refractivity (Wildman–Crippen MR) is 75.7 cm³/mol. The van der Waals surface area contributed by atoms with Gasteiger partial charge in [-0.1, -0.05) is 13.8 Å². The molecule has 0 aromatic heterocycles. The van der Waals surface area contributed by atoms with Crippen molar-refractivity contribution in [1.29, 1.82) is 0 Å². The fraction of sp³-hybridized carbons (Fsp3) is 0.786. The van der Waals surface area contributed by atoms with E-state index in [4.69, 9.17) is 5.11 Å². The van der Waals surface area contributed by atoms with Crippen LogP contribution < -0.4 is 10.6 Å². The lowest BCUT2D eigenvalue weighted by molar-refractivity contribution is -0.142. The zero-order chi connectivity index (χ0) is 15.6. The minimum atomic E-state index is -1.09. The van der Waals surface area contributed by atoms with Crippen molar-refractivity contribution < 1.29 is 19.5 Å². The molecule has 1 saturated carbocycles. The summed E-state index contributed by atoms with van der Waals surface area (Å²) in [6.07, 6.45) is 2.51. The Bertz CT molecular complexity index is 450. The molecule has 2 aliphatic rings. The maximum absolute atomic E-state index is 12.3. The number of nitrogens with one attached hydrogen (secondary N) is 2. The highest BCUT2D eigenvalue weighted by Crippen LogP contribution is 2.37. The summed E-state index contributed by atoms with van der Waals surface area (Å²) >= 11 is 0. The fourth-order valence-corrected chi connectivity index (χ4v) is 3.14. The van der Waals surface area contributed by atoms with Crippen LogP contribution in [0.5, 0.6) is 0 Å². The number of rotatable bonds is 3. The zero-order valence-electron chi connectivity index (χ0n) is 12.5. The van der Waals surface area contributed by atoms with Gasteiger partial charge in [-0.2, -0.15) is 0 Å². The van der Waals surface area contributed by atoms with Crippen molar-refractivity contribution in [3.05, 3.63) is 0 Å². The third-order valence-electron chi connectivity index (χ3n) is 4.26. The van der Waals surface area contributed by atoms with Crippen LogP contribution in [-0.4, -0.2) is 53.1 Å². The number of aliphatic carboxylic acids is 1. The average Bonchev–Trinajstić information content (AvgIpc) is 2.70. The Kier molecular flexibility index (Phi) is 4.39. The summed E-state index contributed by atoms with van der Waals surface area (Å²) in [7, 11) is 0. The first-order valence-corrected chi connectivity index (χ1v) is 7.35. The van der Waals surface area contributed by atoms with E-state index in [0.717, 1.165) is 19.3 Å². The van der Waals surface area contributed by atoms with E-state index in [-0.39, 0.29) is 23.9 Å². The number of carboxylic acid groups (broad SMARTS) is 1. The Morgan fingerprint density at radius 2 is 2.19 bits per heavy atom. The molecule has 118 valence electrons. The van der Waals surface area contributed by atoms with Crippen molar-refractivity contribution in [2.45, 2.75) is 51.6 Å². The first-order chi connectivity index (χ1) is 9.78. The highest BCUT2D eigenvalue weighted by Gasteiger charge is 2.37. The van der Waals surface area contributed by atoms with E-state index >= 15 is 0 Å². The van der Waals surface area contributed by atoms with Crippen LogP contribution in [0.2, 0.25) is 0 Å². The molecule has 2 fully saturated rings. The Balaban J connectivity index is 1.99. The number of amides is 3. The maximum Gasteiger partial charge on any atom is 0.318 e. The monoisotopic (exact) mass is 297 g/mol. The van der Waals surface area contributed by atoms with Crippen LogP contribution in [0, 0.1) is 5.41 Å². The number of carboxylic acids is 1. The van der Waals surface area contributed by atoms with Crippen molar-refractivity contribution >= 4 is 17.9 Å². The van der Waals surface area contributed by atoms with Crippen LogP contribution >= 0.6 is 0 Å². The number of hydrogen-bond donors (Lipinski definition) is 3. The smallest absolute Gasteiger partial charge is 0.318 e. The molecule has 2 atom stereocenters. The van der Waals surface area contributed by atoms with Crippen molar-refractivity contribution in [3.63, 3.8) is 0 Å². The van der Waals surface area contributed by atoms with Gasteiger partial charge in [0.15, 0.2) is 0 Å². The first-order valence-electron chi connectivity index (χ1n) is 7.35. The number of carbonyl (C=O) groups excluding carboxylic acids is 2. The highest BCUT2D eigenvalue weighted by molar-refractivity contribution is 5.91. The minimum absolute atomic E-state index is 0.1000. The molecule has 3 N–H and O–H groups in total. The van der Waals surface area contributed by atoms with Gasteiger partial charge in [0.05, 0.1) is 6.42 Å². The maximum atomic E-state index is 12.3. The molecule has 0 aromatic carbocycles. The summed E-state index contributed by atoms with van der Waals surface area (Å²) in [5, 5.41) is 14.4. The second-order valence-electron chi connectivity index (χ2n) is 6.65. The lowest BCUT2D eigenvalue weighted by Crippen LogP contribution is -2.60. The average molecular weight is 297 g/mol. The van der Waals surface area contributed by atoms with Gasteiger partial charge in [-0.05, 0) is 24.7 Å². The molecule has 1 heterocycles. The Hall–Kier alpha value is -1.79. The van der Waals surface area contributed by atoms with Crippen LogP contribution in [0.1, 0.15) is 39.5 Å². The SMILES string of the molecule is CC1(C)CCC(NC(=O)N2CCNC(=O)C2CC(=O)O)C1. The molecule has 21 heavy (non-hydrogen) atoms. The van der Waals surface area contributed by atoms with Crippen molar-refractivity contribution in [3.8, 4) is 0 Å². The molecular formula is C14H23N3O4. The zero-order valence-corrected chi connectivity index (χ0v) is 12.5. The van der Waals surface area contributed by atoms with Gasteiger partial charge >= 0.3 is 12.0 Å². The van der Waals surface area contributed by atoms with Crippen LogP contribution in [0.15, 0.2) is 0 Å². The molecule has 0 radical (unpaired) electrons. The van der Waals surface area contributed by atoms with Gasteiger partial charge in [0.1, 0.15) is 6.04 Å². The summed E-state index contributed by atoms with van der Waals surface area (Å²) < 4.78 is 0. The molecule has 1 aliphatic heterocycles. The molecule has 1 aliphatic carbocycles. The predicted octanol–water partition coefficient (Wildman–Crippen LogP) is 0.550. The lowest BCUT2D eigenvalue weighted by Gasteiger charge is -2.35. The van der Waals surface area contributed by atoms with E-state index in [0.29, 0.717) is 13.1 Å². The molecule has 2 rings (SSSR count). The van der Waals surface area contributed by atoms with Gasteiger partial charge in [0.2, 0.25) is 5.91 Å². The topological polar surface area (TPSA) is 98.7 Å². The Labute approximate surface area is 124 Å². The van der Waals surface area contributed by atoms with E-state index in [1.54, 1.807) is 0 Å². The normalized spacial score (nSPS) is 28.1. The molecule has 7 heteroatoms. The third-order valence-corrected chi connectivity index (χ3v) is 4.26. The number of hydrogen-bond acceptors (Lipinski definition) is 3. The summed E-state index contributed by atoms with van der Waals surface area (Å²) in [4.78, 5) is 36.4. The summed E-state index contributed by atoms with van der Waals surface area (Å²) in [6.45, 7) is 5.03. The number of urea groups is 1. The van der Waals surface area contributed by atoms with Gasteiger partial charge in [-0.25, -0.2) is 4.79 Å². The Morgan fingerprint density at radius 3 is 2.76 bits per heavy atom. The van der Waals surface area contributed by atoms with Crippen molar-refractivity contribution in [2.75, 3.05) is 13.1 Å². The van der Waals surface area contributed by atoms with Crippen LogP contribution in [0.3, 0.4) is 0 Å². The highest BCUT2D eigenvalue weighted by atomic mass is 16.4. The van der Waals surface area contributed by atoms with Crippen LogP contribution in [0.4, 0.5) is 4.79 Å². The van der Waals surface area contributed by atoms with E-state index in [2.05, 4.69) is 24.5 Å². The van der Waals surface area contributed by atoms with Crippen molar-refractivity contribution in [2.24, 2.45) is 5.41 Å². The van der Waals surface area contributed by atoms with E-state index in [1.165, 1.54) is 4.90 Å². The molecular weight excluding hydrogens is 274 g/mol. The van der Waals surface area contributed by atoms with Crippen LogP contribution in [0.25, 0.3) is 0 Å². The van der Waals surface area contributed by atoms with E-state index in [1.807, 2.05) is 0 Å². The van der Waals surface area contributed by atoms with Gasteiger partial charge in [0, 0.05) is 19.1 Å². The lowest BCUT2D eigenvalue weighted by atomic mass is 9.92. The summed E-state index contributed by atoms with van der Waals surface area (Å²) in [6, 6.07) is -1.16. The second-order valence-corrected chi connectivity index (χ2v) is 6.65. The molecule has 2 unspecified atom stereocenters. The van der Waals surface area contributed by atoms with Crippen molar-refractivity contribution in [1.82, 2.24) is 15.5 Å². The number of carbonyl (C=O) groups is 3. The van der Waals surface area contributed by atoms with E-state index in [9.17, 15) is 14.4 Å². The minimum Gasteiger partial charge on any atom is -0.481 e. The summed E-state index contributed by atoms with van der Waals surface area (Å²) in [5.41, 5.74) is 0.220. The second kappa shape index (κ2) is 5.91. The first kappa shape index (κ1) is 15.6. The number of nitrogens with zero attached hydrogens (tertiary/aromatic N) is 1. The fourth-order valence-electron chi connectivity index (χ4n) is 3.14. The molecule has 0 spiro atoms. The molecule has 0 aromatic rings. The van der Waals surface area contributed by atoms with E-state index < -0.39 is 17.9 Å².